The lowest BCUT2D eigenvalue weighted by Gasteiger charge is -2.04. The second-order valence-corrected chi connectivity index (χ2v) is 4.18. The first-order valence-corrected chi connectivity index (χ1v) is 5.70. The SMILES string of the molecule is O=c1c(-c2ccccc2)coc2cc(O)cc(O)c12.[HH]. The zero-order valence-electron chi connectivity index (χ0n) is 9.83. The molecule has 0 amide bonds. The van der Waals surface area contributed by atoms with Crippen molar-refractivity contribution in [3.8, 4) is 22.6 Å². The van der Waals surface area contributed by atoms with Crippen LogP contribution in [0.2, 0.25) is 0 Å². The quantitative estimate of drug-likeness (QED) is 0.701. The van der Waals surface area contributed by atoms with E-state index in [2.05, 4.69) is 0 Å². The van der Waals surface area contributed by atoms with E-state index in [1.165, 1.54) is 12.3 Å². The molecule has 0 radical (unpaired) electrons. The van der Waals surface area contributed by atoms with Crippen LogP contribution in [0.1, 0.15) is 1.43 Å². The molecular weight excluding hydrogens is 244 g/mol. The van der Waals surface area contributed by atoms with Crippen molar-refractivity contribution in [2.24, 2.45) is 0 Å². The van der Waals surface area contributed by atoms with E-state index in [0.717, 1.165) is 6.07 Å². The Balaban J connectivity index is 0.00000147. The van der Waals surface area contributed by atoms with E-state index in [-0.39, 0.29) is 29.3 Å². The highest BCUT2D eigenvalue weighted by Crippen LogP contribution is 2.29. The largest absolute Gasteiger partial charge is 0.508 e. The Labute approximate surface area is 109 Å². The van der Waals surface area contributed by atoms with E-state index in [1.807, 2.05) is 18.2 Å². The minimum absolute atomic E-state index is 0. The van der Waals surface area contributed by atoms with Gasteiger partial charge in [-0.3, -0.25) is 4.79 Å². The molecule has 0 aliphatic heterocycles. The van der Waals surface area contributed by atoms with E-state index < -0.39 is 0 Å². The van der Waals surface area contributed by atoms with Gasteiger partial charge < -0.3 is 14.6 Å². The van der Waals surface area contributed by atoms with Gasteiger partial charge in [0.25, 0.3) is 0 Å². The van der Waals surface area contributed by atoms with Crippen LogP contribution >= 0.6 is 0 Å². The van der Waals surface area contributed by atoms with Crippen LogP contribution in [0.3, 0.4) is 0 Å². The third-order valence-electron chi connectivity index (χ3n) is 2.93. The molecule has 3 aromatic rings. The molecule has 1 aromatic heterocycles. The Morgan fingerprint density at radius 2 is 1.79 bits per heavy atom. The Kier molecular flexibility index (Phi) is 2.49. The average Bonchev–Trinajstić information content (AvgIpc) is 2.39. The highest BCUT2D eigenvalue weighted by Gasteiger charge is 2.13. The van der Waals surface area contributed by atoms with Crippen LogP contribution in [0.25, 0.3) is 22.1 Å². The van der Waals surface area contributed by atoms with Crippen LogP contribution in [0.5, 0.6) is 11.5 Å². The van der Waals surface area contributed by atoms with E-state index in [9.17, 15) is 15.0 Å². The maximum Gasteiger partial charge on any atom is 0.204 e. The van der Waals surface area contributed by atoms with Crippen molar-refractivity contribution < 1.29 is 16.1 Å². The van der Waals surface area contributed by atoms with Crippen LogP contribution in [-0.2, 0) is 0 Å². The van der Waals surface area contributed by atoms with E-state index >= 15 is 0 Å². The molecule has 0 spiro atoms. The molecule has 2 aromatic carbocycles. The van der Waals surface area contributed by atoms with Crippen LogP contribution in [-0.4, -0.2) is 10.2 Å². The molecule has 96 valence electrons. The average molecular weight is 256 g/mol. The van der Waals surface area contributed by atoms with Crippen molar-refractivity contribution >= 4 is 11.0 Å². The highest BCUT2D eigenvalue weighted by molar-refractivity contribution is 5.87. The molecule has 2 N–H and O–H groups in total. The van der Waals surface area contributed by atoms with Gasteiger partial charge >= 0.3 is 0 Å². The van der Waals surface area contributed by atoms with Crippen LogP contribution in [0.4, 0.5) is 0 Å². The van der Waals surface area contributed by atoms with Crippen molar-refractivity contribution in [1.29, 1.82) is 0 Å². The summed E-state index contributed by atoms with van der Waals surface area (Å²) in [6.45, 7) is 0. The predicted molar refractivity (Wildman–Crippen MR) is 73.4 cm³/mol. The van der Waals surface area contributed by atoms with Gasteiger partial charge in [-0.2, -0.15) is 0 Å². The monoisotopic (exact) mass is 256 g/mol. The maximum atomic E-state index is 12.4. The number of hydrogen-bond acceptors (Lipinski definition) is 4. The molecule has 4 heteroatoms. The number of aromatic hydroxyl groups is 2. The van der Waals surface area contributed by atoms with E-state index in [0.29, 0.717) is 11.1 Å². The third-order valence-corrected chi connectivity index (χ3v) is 2.93. The standard InChI is InChI=1S/C15H10O4.H2/c16-10-6-12(17)14-13(7-10)19-8-11(15(14)18)9-4-2-1-3-5-9;/h1-8,16-17H;1H. The van der Waals surface area contributed by atoms with Gasteiger partial charge in [0.15, 0.2) is 0 Å². The first-order valence-electron chi connectivity index (χ1n) is 5.70. The molecule has 0 atom stereocenters. The summed E-state index contributed by atoms with van der Waals surface area (Å²) in [7, 11) is 0. The molecule has 3 rings (SSSR count). The molecule has 19 heavy (non-hydrogen) atoms. The number of phenolic OH excluding ortho intramolecular Hbond substituents is 2. The summed E-state index contributed by atoms with van der Waals surface area (Å²) in [6.07, 6.45) is 1.33. The molecule has 0 unspecified atom stereocenters. The fourth-order valence-corrected chi connectivity index (χ4v) is 2.04. The Morgan fingerprint density at radius 1 is 1.05 bits per heavy atom. The van der Waals surface area contributed by atoms with Crippen LogP contribution < -0.4 is 5.43 Å². The predicted octanol–water partition coefficient (Wildman–Crippen LogP) is 3.12. The fourth-order valence-electron chi connectivity index (χ4n) is 2.04. The van der Waals surface area contributed by atoms with Gasteiger partial charge in [-0.25, -0.2) is 0 Å². The minimum atomic E-state index is -0.329. The molecular formula is C15H12O4. The van der Waals surface area contributed by atoms with Gasteiger partial charge in [0.05, 0.1) is 5.56 Å². The normalized spacial score (nSPS) is 10.7. The van der Waals surface area contributed by atoms with Crippen molar-refractivity contribution in [2.45, 2.75) is 0 Å². The summed E-state index contributed by atoms with van der Waals surface area (Å²) < 4.78 is 5.32. The zero-order valence-corrected chi connectivity index (χ0v) is 9.83. The summed E-state index contributed by atoms with van der Waals surface area (Å²) in [5.74, 6) is -0.442. The third kappa shape index (κ3) is 1.83. The van der Waals surface area contributed by atoms with Gasteiger partial charge in [0, 0.05) is 13.6 Å². The van der Waals surface area contributed by atoms with Gasteiger partial charge in [-0.15, -0.1) is 0 Å². The lowest BCUT2D eigenvalue weighted by Crippen LogP contribution is -2.04. The molecule has 0 fully saturated rings. The smallest absolute Gasteiger partial charge is 0.204 e. The number of fused-ring (bicyclic) bond motifs is 1. The zero-order chi connectivity index (χ0) is 13.4. The lowest BCUT2D eigenvalue weighted by molar-refractivity contribution is 0.452. The van der Waals surface area contributed by atoms with Crippen molar-refractivity contribution in [3.63, 3.8) is 0 Å². The summed E-state index contributed by atoms with van der Waals surface area (Å²) >= 11 is 0. The molecule has 0 aliphatic rings. The summed E-state index contributed by atoms with van der Waals surface area (Å²) in [5, 5.41) is 19.2. The minimum Gasteiger partial charge on any atom is -0.508 e. The molecule has 4 nitrogen and oxygen atoms in total. The van der Waals surface area contributed by atoms with Gasteiger partial charge in [0.2, 0.25) is 5.43 Å². The molecule has 0 aliphatic carbocycles. The van der Waals surface area contributed by atoms with Gasteiger partial charge in [-0.05, 0) is 5.56 Å². The first-order chi connectivity index (χ1) is 9.16. The lowest BCUT2D eigenvalue weighted by atomic mass is 10.1. The van der Waals surface area contributed by atoms with Crippen molar-refractivity contribution in [1.82, 2.24) is 0 Å². The number of benzene rings is 2. The van der Waals surface area contributed by atoms with Crippen LogP contribution in [0, 0.1) is 0 Å². The summed E-state index contributed by atoms with van der Waals surface area (Å²) in [5.41, 5.74) is 0.909. The van der Waals surface area contributed by atoms with E-state index in [1.54, 1.807) is 12.1 Å². The maximum absolute atomic E-state index is 12.4. The second kappa shape index (κ2) is 4.17. The summed E-state index contributed by atoms with van der Waals surface area (Å²) in [4.78, 5) is 12.4. The Hall–Kier alpha value is -2.75. The Bertz CT molecular complexity index is 809. The van der Waals surface area contributed by atoms with Crippen LogP contribution in [0.15, 0.2) is 57.9 Å². The van der Waals surface area contributed by atoms with Gasteiger partial charge in [-0.1, -0.05) is 30.3 Å². The topological polar surface area (TPSA) is 70.7 Å². The summed E-state index contributed by atoms with van der Waals surface area (Å²) in [6, 6.07) is 11.5. The fraction of sp³-hybridized carbons (Fsp3) is 0. The molecule has 0 saturated carbocycles. The highest BCUT2D eigenvalue weighted by atomic mass is 16.3. The Morgan fingerprint density at radius 3 is 2.53 bits per heavy atom. The van der Waals surface area contributed by atoms with Gasteiger partial charge in [0.1, 0.15) is 28.7 Å². The van der Waals surface area contributed by atoms with Crippen molar-refractivity contribution in [2.75, 3.05) is 0 Å². The first kappa shape index (κ1) is 11.3. The number of hydrogen-bond donors (Lipinski definition) is 2. The molecule has 0 saturated heterocycles. The number of rotatable bonds is 1. The molecule has 0 bridgehead atoms. The second-order valence-electron chi connectivity index (χ2n) is 4.18. The molecule has 1 heterocycles. The van der Waals surface area contributed by atoms with Crippen molar-refractivity contribution in [3.05, 3.63) is 59.0 Å². The number of phenols is 2. The van der Waals surface area contributed by atoms with E-state index in [4.69, 9.17) is 4.42 Å².